The van der Waals surface area contributed by atoms with Crippen LogP contribution in [0, 0.1) is 0 Å². The third-order valence-electron chi connectivity index (χ3n) is 7.51. The summed E-state index contributed by atoms with van der Waals surface area (Å²) >= 11 is 5.29. The smallest absolute Gasteiger partial charge is 0.242 e. The van der Waals surface area contributed by atoms with Crippen LogP contribution in [-0.2, 0) is 38.2 Å². The summed E-state index contributed by atoms with van der Waals surface area (Å²) < 4.78 is 10.9. The highest BCUT2D eigenvalue weighted by molar-refractivity contribution is 8.01. The third-order valence-corrected chi connectivity index (χ3v) is 9.09. The lowest BCUT2D eigenvalue weighted by molar-refractivity contribution is -0.138. The number of likely N-dealkylation sites (N-methyl/N-ethyl adjacent to an activating group) is 1. The number of likely N-dealkylation sites (tertiary alicyclic amines) is 1. The van der Waals surface area contributed by atoms with Crippen LogP contribution in [0.3, 0.4) is 0 Å². The molecule has 13 nitrogen and oxygen atoms in total. The largest absolute Gasteiger partial charge is 0.379 e. The van der Waals surface area contributed by atoms with Crippen molar-refractivity contribution in [2.24, 2.45) is 5.73 Å². The Morgan fingerprint density at radius 1 is 0.957 bits per heavy atom. The first-order chi connectivity index (χ1) is 22.1. The van der Waals surface area contributed by atoms with Crippen LogP contribution in [0.4, 0.5) is 0 Å². The van der Waals surface area contributed by atoms with E-state index >= 15 is 0 Å². The molecule has 3 atom stereocenters. The number of rotatable bonds is 30. The lowest BCUT2D eigenvalue weighted by Crippen LogP contribution is -2.37. The van der Waals surface area contributed by atoms with Crippen LogP contribution in [0.25, 0.3) is 0 Å². The molecule has 1 rings (SSSR count). The Morgan fingerprint density at radius 3 is 2.35 bits per heavy atom. The lowest BCUT2D eigenvalue weighted by atomic mass is 10.1. The first-order valence-corrected chi connectivity index (χ1v) is 18.0. The standard InChI is InChI=1S/C31H55N5O8S2/c1-23(37)25(9-3-4-12-32)34-13-5-6-14-35-29(40)11-17-44-19-18-43-16-7-8-24(38)10-15-36-30(41)20-28(31(36)42)46-22-27(39)26(21-45)33-2/h25-26,28,33-34,45H,3-22,32H2,1-2H3,(H,35,40)/t25-,26-,28?/m0/s1. The van der Waals surface area contributed by atoms with Crippen molar-refractivity contribution in [1.82, 2.24) is 20.9 Å². The van der Waals surface area contributed by atoms with Gasteiger partial charge in [0.05, 0.1) is 42.9 Å². The number of carbonyl (C=O) groups is 6. The highest BCUT2D eigenvalue weighted by Gasteiger charge is 2.39. The number of amides is 3. The minimum Gasteiger partial charge on any atom is -0.379 e. The molecule has 0 bridgehead atoms. The zero-order chi connectivity index (χ0) is 34.2. The normalized spacial score (nSPS) is 16.1. The molecule has 0 aromatic heterocycles. The average molecular weight is 690 g/mol. The summed E-state index contributed by atoms with van der Waals surface area (Å²) in [7, 11) is 1.67. The second-order valence-electron chi connectivity index (χ2n) is 11.2. The Morgan fingerprint density at radius 2 is 1.67 bits per heavy atom. The van der Waals surface area contributed by atoms with Crippen molar-refractivity contribution in [2.45, 2.75) is 88.5 Å². The molecule has 15 heteroatoms. The first-order valence-electron chi connectivity index (χ1n) is 16.3. The van der Waals surface area contributed by atoms with Gasteiger partial charge in [0, 0.05) is 51.1 Å². The molecule has 1 aliphatic rings. The molecule has 0 radical (unpaired) electrons. The zero-order valence-electron chi connectivity index (χ0n) is 27.5. The van der Waals surface area contributed by atoms with Crippen LogP contribution in [-0.4, -0.2) is 128 Å². The molecule has 3 amide bonds. The number of nitrogens with one attached hydrogen (secondary N) is 3. The first kappa shape index (κ1) is 42.1. The van der Waals surface area contributed by atoms with E-state index in [9.17, 15) is 28.8 Å². The van der Waals surface area contributed by atoms with Crippen molar-refractivity contribution < 1.29 is 38.2 Å². The van der Waals surface area contributed by atoms with E-state index in [4.69, 9.17) is 15.2 Å². The summed E-state index contributed by atoms with van der Waals surface area (Å²) in [5.41, 5.74) is 5.51. The molecular formula is C31H55N5O8S2. The van der Waals surface area contributed by atoms with Crippen molar-refractivity contribution >= 4 is 59.5 Å². The van der Waals surface area contributed by atoms with Crippen molar-refractivity contribution in [2.75, 3.05) is 71.2 Å². The fourth-order valence-corrected chi connectivity index (χ4v) is 6.14. The Labute approximate surface area is 283 Å². The van der Waals surface area contributed by atoms with Crippen LogP contribution < -0.4 is 21.7 Å². The highest BCUT2D eigenvalue weighted by Crippen LogP contribution is 2.25. The van der Waals surface area contributed by atoms with Crippen molar-refractivity contribution in [3.8, 4) is 0 Å². The van der Waals surface area contributed by atoms with Crippen molar-refractivity contribution in [3.05, 3.63) is 0 Å². The fraction of sp³-hybridized carbons (Fsp3) is 0.806. The molecule has 1 aliphatic heterocycles. The van der Waals surface area contributed by atoms with Crippen LogP contribution in [0.5, 0.6) is 0 Å². The van der Waals surface area contributed by atoms with Gasteiger partial charge in [-0.15, -0.1) is 11.8 Å². The van der Waals surface area contributed by atoms with E-state index in [1.165, 1.54) is 0 Å². The minimum atomic E-state index is -0.600. The summed E-state index contributed by atoms with van der Waals surface area (Å²) in [5, 5.41) is 8.42. The molecule has 1 fully saturated rings. The van der Waals surface area contributed by atoms with Crippen LogP contribution >= 0.6 is 24.4 Å². The maximum Gasteiger partial charge on any atom is 0.242 e. The summed E-state index contributed by atoms with van der Waals surface area (Å²) in [6, 6.07) is -0.524. The number of ketones is 3. The number of thiol groups is 1. The van der Waals surface area contributed by atoms with E-state index in [0.717, 1.165) is 55.3 Å². The van der Waals surface area contributed by atoms with E-state index < -0.39 is 11.3 Å². The molecule has 1 saturated heterocycles. The number of carbonyl (C=O) groups excluding carboxylic acids is 6. The van der Waals surface area contributed by atoms with E-state index in [1.807, 2.05) is 0 Å². The van der Waals surface area contributed by atoms with Crippen molar-refractivity contribution in [3.63, 3.8) is 0 Å². The van der Waals surface area contributed by atoms with Gasteiger partial charge in [-0.1, -0.05) is 6.42 Å². The number of Topliss-reactive ketones (excluding diaryl/α,β-unsaturated/α-hetero) is 3. The molecule has 1 heterocycles. The Balaban J connectivity index is 2.02. The van der Waals surface area contributed by atoms with Gasteiger partial charge in [-0.3, -0.25) is 33.7 Å². The molecule has 0 saturated carbocycles. The van der Waals surface area contributed by atoms with Gasteiger partial charge in [0.25, 0.3) is 0 Å². The second-order valence-corrected chi connectivity index (χ2v) is 12.8. The topological polar surface area (TPSA) is 186 Å². The van der Waals surface area contributed by atoms with Gasteiger partial charge in [-0.05, 0) is 59.2 Å². The van der Waals surface area contributed by atoms with Gasteiger partial charge in [0.1, 0.15) is 11.6 Å². The van der Waals surface area contributed by atoms with Crippen LogP contribution in [0.15, 0.2) is 0 Å². The van der Waals surface area contributed by atoms with Gasteiger partial charge in [-0.2, -0.15) is 12.6 Å². The number of hydrogen-bond donors (Lipinski definition) is 5. The number of thioether (sulfide) groups is 1. The number of hydrogen-bond acceptors (Lipinski definition) is 13. The molecule has 1 unspecified atom stereocenters. The minimum absolute atomic E-state index is 0.0374. The Bertz CT molecular complexity index is 954. The fourth-order valence-electron chi connectivity index (χ4n) is 4.66. The molecule has 0 aromatic carbocycles. The highest BCUT2D eigenvalue weighted by atomic mass is 32.2. The molecule has 46 heavy (non-hydrogen) atoms. The summed E-state index contributed by atoms with van der Waals surface area (Å²) in [5.74, 6) is -0.270. The third kappa shape index (κ3) is 18.5. The number of unbranched alkanes of at least 4 members (excludes halogenated alkanes) is 2. The molecule has 264 valence electrons. The number of imide groups is 1. The van der Waals surface area contributed by atoms with E-state index in [-0.39, 0.29) is 85.7 Å². The molecule has 0 aliphatic carbocycles. The molecule has 0 spiro atoms. The van der Waals surface area contributed by atoms with Gasteiger partial charge < -0.3 is 31.2 Å². The maximum atomic E-state index is 12.6. The Hall–Kier alpha value is -1.88. The van der Waals surface area contributed by atoms with Crippen molar-refractivity contribution in [1.29, 1.82) is 0 Å². The number of nitrogens with zero attached hydrogens (tertiary/aromatic N) is 1. The molecular weight excluding hydrogens is 635 g/mol. The lowest BCUT2D eigenvalue weighted by Gasteiger charge is -2.15. The van der Waals surface area contributed by atoms with Gasteiger partial charge in [-0.25, -0.2) is 0 Å². The van der Waals surface area contributed by atoms with E-state index in [1.54, 1.807) is 14.0 Å². The summed E-state index contributed by atoms with van der Waals surface area (Å²) in [4.78, 5) is 74.1. The second kappa shape index (κ2) is 26.1. The summed E-state index contributed by atoms with van der Waals surface area (Å²) in [6.45, 7) is 4.92. The maximum absolute atomic E-state index is 12.6. The van der Waals surface area contributed by atoms with Gasteiger partial charge >= 0.3 is 0 Å². The molecule has 5 N–H and O–H groups in total. The quantitative estimate of drug-likeness (QED) is 0.0404. The number of ether oxygens (including phenoxy) is 2. The predicted molar refractivity (Wildman–Crippen MR) is 182 cm³/mol. The SMILES string of the molecule is CN[C@@H](CS)C(=O)CSC1CC(=O)N(CCC(=O)CCCOCCOCCC(=O)NCCCCN[C@@H](CCCCN)C(C)=O)C1=O. The Kier molecular flexibility index (Phi) is 23.9. The van der Waals surface area contributed by atoms with Gasteiger partial charge in [0.2, 0.25) is 17.7 Å². The van der Waals surface area contributed by atoms with Gasteiger partial charge in [0.15, 0.2) is 5.78 Å². The predicted octanol–water partition coefficient (Wildman–Crippen LogP) is 0.669. The van der Waals surface area contributed by atoms with E-state index in [2.05, 4.69) is 28.6 Å². The monoisotopic (exact) mass is 689 g/mol. The number of nitrogens with two attached hydrogens (primary N) is 1. The van der Waals surface area contributed by atoms with Crippen LogP contribution in [0.1, 0.15) is 71.1 Å². The van der Waals surface area contributed by atoms with E-state index in [0.29, 0.717) is 45.1 Å². The van der Waals surface area contributed by atoms with Crippen LogP contribution in [0.2, 0.25) is 0 Å². The zero-order valence-corrected chi connectivity index (χ0v) is 29.2. The summed E-state index contributed by atoms with van der Waals surface area (Å²) in [6.07, 6.45) is 5.49. The average Bonchev–Trinajstić information content (AvgIpc) is 3.30. The molecule has 0 aromatic rings.